The number of hydrogen-bond donors (Lipinski definition) is 0. The lowest BCUT2D eigenvalue weighted by Gasteiger charge is -2.09. The van der Waals surface area contributed by atoms with Gasteiger partial charge < -0.3 is 0 Å². The Bertz CT molecular complexity index is 1090. The molecule has 1 aliphatic carbocycles. The third kappa shape index (κ3) is 2.21. The number of aromatic nitrogens is 6. The van der Waals surface area contributed by atoms with Gasteiger partial charge in [-0.05, 0) is 37.8 Å². The minimum Gasteiger partial charge on any atom is -0.264 e. The lowest BCUT2D eigenvalue weighted by molar-refractivity contribution is 0.631. The maximum atomic E-state index is 14.1. The topological polar surface area (TPSA) is 60.9 Å². The Morgan fingerprint density at radius 1 is 1.08 bits per heavy atom. The van der Waals surface area contributed by atoms with Crippen LogP contribution in [0.25, 0.3) is 27.1 Å². The van der Waals surface area contributed by atoms with Crippen LogP contribution in [-0.2, 0) is 19.9 Å². The average molecular weight is 354 g/mol. The van der Waals surface area contributed by atoms with Crippen LogP contribution in [0.4, 0.5) is 4.39 Å². The molecule has 1 aromatic carbocycles. The van der Waals surface area contributed by atoms with Crippen molar-refractivity contribution in [3.63, 3.8) is 0 Å². The third-order valence-corrected chi connectivity index (χ3v) is 5.56. The minimum absolute atomic E-state index is 0.285. The van der Waals surface area contributed by atoms with E-state index in [1.165, 1.54) is 29.4 Å². The summed E-state index contributed by atoms with van der Waals surface area (Å²) in [5.74, 6) is 0.388. The maximum Gasteiger partial charge on any atom is 0.235 e. The molecule has 0 spiro atoms. The highest BCUT2D eigenvalue weighted by Crippen LogP contribution is 2.33. The highest BCUT2D eigenvalue weighted by molar-refractivity contribution is 7.19. The summed E-state index contributed by atoms with van der Waals surface area (Å²) in [6.45, 7) is 0. The molecule has 25 heavy (non-hydrogen) atoms. The second-order valence-electron chi connectivity index (χ2n) is 6.21. The third-order valence-electron chi connectivity index (χ3n) is 4.63. The van der Waals surface area contributed by atoms with Gasteiger partial charge in [0.25, 0.3) is 0 Å². The van der Waals surface area contributed by atoms with Crippen molar-refractivity contribution in [1.82, 2.24) is 29.6 Å². The van der Waals surface area contributed by atoms with Crippen LogP contribution in [0.15, 0.2) is 24.3 Å². The van der Waals surface area contributed by atoms with E-state index in [-0.39, 0.29) is 5.82 Å². The van der Waals surface area contributed by atoms with E-state index >= 15 is 0 Å². The molecule has 0 fully saturated rings. The fraction of sp³-hybridized carbons (Fsp3) is 0.294. The Morgan fingerprint density at radius 3 is 2.80 bits per heavy atom. The molecule has 0 amide bonds. The molecule has 0 saturated carbocycles. The van der Waals surface area contributed by atoms with E-state index < -0.39 is 0 Å². The summed E-state index contributed by atoms with van der Waals surface area (Å²) in [5.41, 5.74) is 3.83. The number of benzene rings is 1. The zero-order chi connectivity index (χ0) is 17.0. The fourth-order valence-corrected chi connectivity index (χ4v) is 4.34. The summed E-state index contributed by atoms with van der Waals surface area (Å²) in [6, 6.07) is 6.65. The predicted molar refractivity (Wildman–Crippen MR) is 92.9 cm³/mol. The number of halogens is 1. The van der Waals surface area contributed by atoms with Crippen LogP contribution in [0, 0.1) is 5.82 Å². The number of fused-ring (bicyclic) bond motifs is 2. The lowest BCUT2D eigenvalue weighted by atomic mass is 9.96. The predicted octanol–water partition coefficient (Wildman–Crippen LogP) is 3.27. The quantitative estimate of drug-likeness (QED) is 0.554. The van der Waals surface area contributed by atoms with Crippen molar-refractivity contribution in [3.05, 3.63) is 41.3 Å². The van der Waals surface area contributed by atoms with E-state index in [0.29, 0.717) is 21.4 Å². The van der Waals surface area contributed by atoms with Gasteiger partial charge in [0, 0.05) is 18.2 Å². The van der Waals surface area contributed by atoms with Crippen molar-refractivity contribution in [2.75, 3.05) is 0 Å². The Kier molecular flexibility index (Phi) is 3.21. The highest BCUT2D eigenvalue weighted by Gasteiger charge is 2.25. The van der Waals surface area contributed by atoms with Gasteiger partial charge in [-0.15, -0.1) is 10.2 Å². The monoisotopic (exact) mass is 354 g/mol. The first-order chi connectivity index (χ1) is 12.2. The first-order valence-electron chi connectivity index (χ1n) is 8.24. The molecule has 0 unspecified atom stereocenters. The standard InChI is InChI=1S/C17H15FN6S/c1-23-14(11-7-3-5-9-13(11)21-23)15-19-20-17-24(15)22-16(25-17)10-6-2-4-8-12(10)18/h2,4,6,8H,3,5,7,9H2,1H3. The SMILES string of the molecule is Cn1nc2c(c1-c1nnc3sc(-c4ccccc4F)nn13)CCCC2. The van der Waals surface area contributed by atoms with Gasteiger partial charge in [-0.2, -0.15) is 14.7 Å². The summed E-state index contributed by atoms with van der Waals surface area (Å²) in [6.07, 6.45) is 4.33. The number of aryl methyl sites for hydroxylation is 2. The van der Waals surface area contributed by atoms with Crippen molar-refractivity contribution in [1.29, 1.82) is 0 Å². The molecule has 8 heteroatoms. The molecule has 3 aromatic heterocycles. The van der Waals surface area contributed by atoms with Crippen molar-refractivity contribution in [2.24, 2.45) is 7.05 Å². The molecule has 0 aliphatic heterocycles. The second-order valence-corrected chi connectivity index (χ2v) is 7.17. The smallest absolute Gasteiger partial charge is 0.235 e. The molecule has 0 atom stereocenters. The van der Waals surface area contributed by atoms with Gasteiger partial charge in [-0.25, -0.2) is 4.39 Å². The van der Waals surface area contributed by atoms with E-state index in [1.54, 1.807) is 22.7 Å². The van der Waals surface area contributed by atoms with Gasteiger partial charge in [0.1, 0.15) is 11.5 Å². The van der Waals surface area contributed by atoms with Gasteiger partial charge in [-0.1, -0.05) is 23.5 Å². The average Bonchev–Trinajstić information content (AvgIpc) is 3.27. The van der Waals surface area contributed by atoms with Crippen LogP contribution in [0.3, 0.4) is 0 Å². The van der Waals surface area contributed by atoms with Crippen molar-refractivity contribution >= 4 is 16.3 Å². The van der Waals surface area contributed by atoms with Gasteiger partial charge >= 0.3 is 0 Å². The van der Waals surface area contributed by atoms with Crippen LogP contribution in [0.1, 0.15) is 24.1 Å². The van der Waals surface area contributed by atoms with Crippen LogP contribution in [-0.4, -0.2) is 29.6 Å². The van der Waals surface area contributed by atoms with Crippen LogP contribution in [0.5, 0.6) is 0 Å². The van der Waals surface area contributed by atoms with Gasteiger partial charge in [0.05, 0.1) is 5.69 Å². The molecule has 0 N–H and O–H groups in total. The van der Waals surface area contributed by atoms with E-state index in [1.807, 2.05) is 11.7 Å². The van der Waals surface area contributed by atoms with Crippen molar-refractivity contribution in [2.45, 2.75) is 25.7 Å². The van der Waals surface area contributed by atoms with Gasteiger partial charge in [0.15, 0.2) is 5.01 Å². The van der Waals surface area contributed by atoms with E-state index in [9.17, 15) is 4.39 Å². The summed E-state index contributed by atoms with van der Waals surface area (Å²) in [7, 11) is 1.93. The zero-order valence-electron chi connectivity index (χ0n) is 13.6. The normalized spacial score (nSPS) is 14.2. The molecule has 1 aliphatic rings. The molecule has 3 heterocycles. The molecule has 126 valence electrons. The minimum atomic E-state index is -0.285. The molecule has 0 bridgehead atoms. The number of rotatable bonds is 2. The van der Waals surface area contributed by atoms with E-state index in [2.05, 4.69) is 20.4 Å². The van der Waals surface area contributed by atoms with E-state index in [0.717, 1.165) is 30.7 Å². The lowest BCUT2D eigenvalue weighted by Crippen LogP contribution is -2.03. The van der Waals surface area contributed by atoms with Gasteiger partial charge in [-0.3, -0.25) is 4.68 Å². The number of hydrogen-bond acceptors (Lipinski definition) is 5. The van der Waals surface area contributed by atoms with Crippen LogP contribution in [0.2, 0.25) is 0 Å². The summed E-state index contributed by atoms with van der Waals surface area (Å²) < 4.78 is 17.7. The molecule has 6 nitrogen and oxygen atoms in total. The maximum absolute atomic E-state index is 14.1. The second kappa shape index (κ2) is 5.45. The first kappa shape index (κ1) is 14.7. The molecule has 4 aromatic rings. The van der Waals surface area contributed by atoms with Crippen molar-refractivity contribution < 1.29 is 4.39 Å². The molecule has 5 rings (SSSR count). The highest BCUT2D eigenvalue weighted by atomic mass is 32.1. The van der Waals surface area contributed by atoms with Crippen molar-refractivity contribution in [3.8, 4) is 22.1 Å². The molecule has 0 radical (unpaired) electrons. The Hall–Kier alpha value is -2.61. The summed E-state index contributed by atoms with van der Waals surface area (Å²) in [4.78, 5) is 0.652. The zero-order valence-corrected chi connectivity index (χ0v) is 14.4. The molecule has 0 saturated heterocycles. The Balaban J connectivity index is 1.69. The first-order valence-corrected chi connectivity index (χ1v) is 9.06. The van der Waals surface area contributed by atoms with E-state index in [4.69, 9.17) is 0 Å². The Labute approximate surface area is 146 Å². The van der Waals surface area contributed by atoms with Crippen LogP contribution >= 0.6 is 11.3 Å². The summed E-state index contributed by atoms with van der Waals surface area (Å²) >= 11 is 1.33. The summed E-state index contributed by atoms with van der Waals surface area (Å²) in [5, 5.41) is 18.4. The molecular formula is C17H15FN6S. The largest absolute Gasteiger partial charge is 0.264 e. The number of nitrogens with zero attached hydrogens (tertiary/aromatic N) is 6. The van der Waals surface area contributed by atoms with Crippen LogP contribution < -0.4 is 0 Å². The Morgan fingerprint density at radius 2 is 1.92 bits per heavy atom. The fourth-order valence-electron chi connectivity index (χ4n) is 3.47. The van der Waals surface area contributed by atoms with Gasteiger partial charge in [0.2, 0.25) is 10.8 Å². The molecular weight excluding hydrogens is 339 g/mol.